The van der Waals surface area contributed by atoms with E-state index in [2.05, 4.69) is 28.2 Å². The second-order valence-electron chi connectivity index (χ2n) is 7.60. The summed E-state index contributed by atoms with van der Waals surface area (Å²) in [7, 11) is 0. The lowest BCUT2D eigenvalue weighted by molar-refractivity contribution is 0.194. The van der Waals surface area contributed by atoms with Crippen molar-refractivity contribution >= 4 is 11.8 Å². The molecule has 3 aliphatic rings. The number of hydrogen-bond donors (Lipinski definition) is 2. The first-order valence-corrected chi connectivity index (χ1v) is 9.87. The van der Waals surface area contributed by atoms with Crippen LogP contribution in [0.1, 0.15) is 67.1 Å². The molecule has 2 N–H and O–H groups in total. The average Bonchev–Trinajstić information content (AvgIpc) is 3.35. The van der Waals surface area contributed by atoms with E-state index in [0.717, 1.165) is 35.9 Å². The largest absolute Gasteiger partial charge is 0.491 e. The Morgan fingerprint density at radius 3 is 2.92 bits per heavy atom. The first kappa shape index (κ1) is 15.7. The molecule has 134 valence electrons. The topological polar surface area (TPSA) is 53.2 Å². The molecule has 0 amide bonds. The van der Waals surface area contributed by atoms with Gasteiger partial charge in [-0.2, -0.15) is 0 Å². The van der Waals surface area contributed by atoms with Gasteiger partial charge >= 0.3 is 0 Å². The lowest BCUT2D eigenvalue weighted by Gasteiger charge is -2.21. The molecule has 1 unspecified atom stereocenters. The number of fused-ring (bicyclic) bond motifs is 2. The minimum Gasteiger partial charge on any atom is -0.491 e. The number of aromatic amines is 2. The number of ether oxygens (including phenoxy) is 1. The molecule has 5 rings (SSSR count). The molecule has 4 nitrogen and oxygen atoms in total. The van der Waals surface area contributed by atoms with Gasteiger partial charge in [0.05, 0.1) is 18.0 Å². The highest BCUT2D eigenvalue weighted by Crippen LogP contribution is 2.35. The summed E-state index contributed by atoms with van der Waals surface area (Å²) >= 11 is 0. The Morgan fingerprint density at radius 1 is 1.08 bits per heavy atom. The van der Waals surface area contributed by atoms with Gasteiger partial charge in [0.1, 0.15) is 11.5 Å². The van der Waals surface area contributed by atoms with E-state index < -0.39 is 0 Å². The summed E-state index contributed by atoms with van der Waals surface area (Å²) in [6.45, 7) is 0.737. The number of aliphatic imine (C=N–C) groups is 1. The van der Waals surface area contributed by atoms with Crippen molar-refractivity contribution in [2.24, 2.45) is 4.99 Å². The van der Waals surface area contributed by atoms with Crippen LogP contribution in [-0.2, 0) is 11.2 Å². The molecule has 2 aliphatic heterocycles. The molecule has 2 bridgehead atoms. The fraction of sp³-hybridized carbons (Fsp3) is 0.409. The minimum atomic E-state index is 0.460. The fourth-order valence-electron chi connectivity index (χ4n) is 4.29. The lowest BCUT2D eigenvalue weighted by Crippen LogP contribution is -2.11. The number of nitrogens with one attached hydrogen (secondary N) is 2. The van der Waals surface area contributed by atoms with E-state index in [4.69, 9.17) is 9.73 Å². The number of aromatic nitrogens is 2. The summed E-state index contributed by atoms with van der Waals surface area (Å²) in [6, 6.07) is 6.43. The molecular formula is C22H25N3O. The number of H-pyrrole nitrogens is 2. The Kier molecular flexibility index (Phi) is 4.04. The SMILES string of the molecule is C1=C2OCC3CCCCCCCc4cc3c([nH]4)/C=C\2N=C1c1ccc[nH]1. The summed E-state index contributed by atoms with van der Waals surface area (Å²) in [6.07, 6.45) is 15.1. The van der Waals surface area contributed by atoms with Crippen LogP contribution in [0.5, 0.6) is 0 Å². The van der Waals surface area contributed by atoms with Crippen LogP contribution in [0.15, 0.2) is 46.9 Å². The quantitative estimate of drug-likeness (QED) is 0.742. The molecule has 0 spiro atoms. The van der Waals surface area contributed by atoms with Crippen LogP contribution < -0.4 is 0 Å². The average molecular weight is 347 g/mol. The van der Waals surface area contributed by atoms with Crippen molar-refractivity contribution in [2.75, 3.05) is 6.61 Å². The van der Waals surface area contributed by atoms with Gasteiger partial charge < -0.3 is 14.7 Å². The van der Waals surface area contributed by atoms with Crippen LogP contribution in [0.4, 0.5) is 0 Å². The molecule has 0 saturated heterocycles. The number of nitrogens with zero attached hydrogens (tertiary/aromatic N) is 1. The molecule has 0 radical (unpaired) electrons. The van der Waals surface area contributed by atoms with Crippen LogP contribution in [0.2, 0.25) is 0 Å². The minimum absolute atomic E-state index is 0.460. The van der Waals surface area contributed by atoms with E-state index in [9.17, 15) is 0 Å². The predicted octanol–water partition coefficient (Wildman–Crippen LogP) is 5.08. The van der Waals surface area contributed by atoms with Gasteiger partial charge in [-0.25, -0.2) is 4.99 Å². The van der Waals surface area contributed by atoms with Gasteiger partial charge in [0.2, 0.25) is 0 Å². The maximum Gasteiger partial charge on any atom is 0.147 e. The Hall–Kier alpha value is -2.49. The summed E-state index contributed by atoms with van der Waals surface area (Å²) in [5, 5.41) is 0. The molecular weight excluding hydrogens is 322 g/mol. The maximum atomic E-state index is 6.24. The van der Waals surface area contributed by atoms with Crippen LogP contribution in [0.25, 0.3) is 6.08 Å². The second-order valence-corrected chi connectivity index (χ2v) is 7.60. The van der Waals surface area contributed by atoms with Crippen molar-refractivity contribution in [3.8, 4) is 0 Å². The van der Waals surface area contributed by atoms with E-state index in [1.165, 1.54) is 55.5 Å². The molecule has 26 heavy (non-hydrogen) atoms. The van der Waals surface area contributed by atoms with Crippen molar-refractivity contribution in [1.82, 2.24) is 9.97 Å². The predicted molar refractivity (Wildman–Crippen MR) is 104 cm³/mol. The summed E-state index contributed by atoms with van der Waals surface area (Å²) in [5.74, 6) is 1.36. The van der Waals surface area contributed by atoms with Crippen LogP contribution >= 0.6 is 0 Å². The monoisotopic (exact) mass is 347 g/mol. The second kappa shape index (κ2) is 6.67. The molecule has 0 saturated carbocycles. The van der Waals surface area contributed by atoms with Crippen LogP contribution in [0, 0.1) is 0 Å². The number of aryl methyl sites for hydroxylation is 1. The third-order valence-corrected chi connectivity index (χ3v) is 5.73. The molecule has 0 fully saturated rings. The number of allylic oxidation sites excluding steroid dienone is 1. The molecule has 1 aliphatic carbocycles. The van der Waals surface area contributed by atoms with E-state index in [1.54, 1.807) is 0 Å². The third-order valence-electron chi connectivity index (χ3n) is 5.73. The third kappa shape index (κ3) is 2.94. The van der Waals surface area contributed by atoms with Gasteiger partial charge in [0.15, 0.2) is 0 Å². The van der Waals surface area contributed by atoms with Crippen molar-refractivity contribution in [3.05, 3.63) is 64.6 Å². The zero-order valence-corrected chi connectivity index (χ0v) is 15.1. The molecule has 4 heteroatoms. The zero-order valence-electron chi connectivity index (χ0n) is 15.1. The van der Waals surface area contributed by atoms with Gasteiger partial charge in [-0.3, -0.25) is 0 Å². The van der Waals surface area contributed by atoms with Gasteiger partial charge in [0.25, 0.3) is 0 Å². The molecule has 4 heterocycles. The smallest absolute Gasteiger partial charge is 0.147 e. The van der Waals surface area contributed by atoms with E-state index >= 15 is 0 Å². The molecule has 2 aromatic rings. The molecule has 2 aromatic heterocycles. The van der Waals surface area contributed by atoms with Gasteiger partial charge in [0, 0.05) is 29.6 Å². The van der Waals surface area contributed by atoms with E-state index in [1.807, 2.05) is 18.3 Å². The fourth-order valence-corrected chi connectivity index (χ4v) is 4.29. The Bertz CT molecular complexity index is 883. The zero-order chi connectivity index (χ0) is 17.3. The Morgan fingerprint density at radius 2 is 2.00 bits per heavy atom. The van der Waals surface area contributed by atoms with Gasteiger partial charge in [-0.15, -0.1) is 0 Å². The normalized spacial score (nSPS) is 24.8. The van der Waals surface area contributed by atoms with E-state index in [-0.39, 0.29) is 0 Å². The highest BCUT2D eigenvalue weighted by atomic mass is 16.5. The standard InChI is InChI=1S/C22H25N3O/c1-2-4-7-15-14-26-22-13-20(18-9-6-10-23-18)25-21(22)12-19-17(15)11-16(24-19)8-5-3-1/h6,9-13,15,23-24H,1-5,7-8,14H2/b21-12+. The van der Waals surface area contributed by atoms with Crippen molar-refractivity contribution < 1.29 is 4.74 Å². The summed E-state index contributed by atoms with van der Waals surface area (Å²) < 4.78 is 6.24. The van der Waals surface area contributed by atoms with Crippen molar-refractivity contribution in [2.45, 2.75) is 50.9 Å². The maximum absolute atomic E-state index is 6.24. The first-order chi connectivity index (χ1) is 12.9. The van der Waals surface area contributed by atoms with Crippen molar-refractivity contribution in [1.29, 1.82) is 0 Å². The van der Waals surface area contributed by atoms with E-state index in [0.29, 0.717) is 5.92 Å². The number of hydrogen-bond acceptors (Lipinski definition) is 2. The summed E-state index contributed by atoms with van der Waals surface area (Å²) in [4.78, 5) is 11.7. The highest BCUT2D eigenvalue weighted by molar-refractivity contribution is 6.11. The molecule has 1 atom stereocenters. The van der Waals surface area contributed by atoms with Crippen molar-refractivity contribution in [3.63, 3.8) is 0 Å². The first-order valence-electron chi connectivity index (χ1n) is 9.87. The summed E-state index contributed by atoms with van der Waals surface area (Å²) in [5.41, 5.74) is 6.90. The van der Waals surface area contributed by atoms with Gasteiger partial charge in [-0.1, -0.05) is 25.7 Å². The Balaban J connectivity index is 1.54. The number of rotatable bonds is 1. The highest BCUT2D eigenvalue weighted by Gasteiger charge is 2.26. The van der Waals surface area contributed by atoms with Crippen LogP contribution in [0.3, 0.4) is 0 Å². The molecule has 0 aromatic carbocycles. The lowest BCUT2D eigenvalue weighted by atomic mass is 9.92. The van der Waals surface area contributed by atoms with Crippen LogP contribution in [-0.4, -0.2) is 22.3 Å². The van der Waals surface area contributed by atoms with Gasteiger partial charge in [-0.05, 0) is 49.1 Å². The Labute approximate surface area is 154 Å².